The summed E-state index contributed by atoms with van der Waals surface area (Å²) in [5, 5.41) is 3.66. The Morgan fingerprint density at radius 1 is 1.43 bits per heavy atom. The number of nitrogen functional groups attached to an aromatic ring is 1. The van der Waals surface area contributed by atoms with Crippen molar-refractivity contribution in [3.05, 3.63) is 11.2 Å². The van der Waals surface area contributed by atoms with Crippen LogP contribution in [0.2, 0.25) is 5.02 Å². The van der Waals surface area contributed by atoms with Gasteiger partial charge in [0.1, 0.15) is 10.8 Å². The minimum atomic E-state index is 0.343. The van der Waals surface area contributed by atoms with Gasteiger partial charge in [-0.2, -0.15) is 4.98 Å². The minimum absolute atomic E-state index is 0.343. The number of anilines is 2. The summed E-state index contributed by atoms with van der Waals surface area (Å²) in [5.74, 6) is 1.00. The molecule has 76 valence electrons. The molecule has 1 aromatic heterocycles. The van der Waals surface area contributed by atoms with Gasteiger partial charge in [-0.05, 0) is 0 Å². The molecule has 5 nitrogen and oxygen atoms in total. The lowest BCUT2D eigenvalue weighted by Gasteiger charge is -2.27. The van der Waals surface area contributed by atoms with Gasteiger partial charge in [-0.3, -0.25) is 0 Å². The largest absolute Gasteiger partial charge is 0.382 e. The molecule has 0 spiro atoms. The molecule has 2 heterocycles. The fraction of sp³-hybridized carbons (Fsp3) is 0.500. The molecule has 1 fully saturated rings. The van der Waals surface area contributed by atoms with E-state index < -0.39 is 0 Å². The molecule has 0 radical (unpaired) electrons. The third kappa shape index (κ3) is 1.88. The second-order valence-electron chi connectivity index (χ2n) is 3.14. The third-order valence-corrected chi connectivity index (χ3v) is 2.45. The zero-order valence-electron chi connectivity index (χ0n) is 7.70. The fourth-order valence-corrected chi connectivity index (χ4v) is 1.48. The van der Waals surface area contributed by atoms with Crippen LogP contribution >= 0.6 is 11.6 Å². The molecule has 0 saturated carbocycles. The van der Waals surface area contributed by atoms with Crippen LogP contribution in [0, 0.1) is 0 Å². The van der Waals surface area contributed by atoms with Gasteiger partial charge < -0.3 is 16.0 Å². The lowest BCUT2D eigenvalue weighted by molar-refractivity contribution is 0.580. The molecule has 0 aromatic carbocycles. The summed E-state index contributed by atoms with van der Waals surface area (Å²) in [7, 11) is 0. The third-order valence-electron chi connectivity index (χ3n) is 2.16. The summed E-state index contributed by atoms with van der Waals surface area (Å²) in [5.41, 5.74) is 5.60. The molecule has 1 aromatic rings. The van der Waals surface area contributed by atoms with Crippen molar-refractivity contribution in [1.82, 2.24) is 15.3 Å². The quantitative estimate of drug-likeness (QED) is 0.694. The van der Waals surface area contributed by atoms with E-state index in [1.807, 2.05) is 0 Å². The van der Waals surface area contributed by atoms with E-state index in [9.17, 15) is 0 Å². The van der Waals surface area contributed by atoms with E-state index >= 15 is 0 Å². The Labute approximate surface area is 87.3 Å². The molecule has 14 heavy (non-hydrogen) atoms. The molecular formula is C8H12ClN5. The topological polar surface area (TPSA) is 67.1 Å². The fourth-order valence-electron chi connectivity index (χ4n) is 1.39. The van der Waals surface area contributed by atoms with Gasteiger partial charge in [0.05, 0.1) is 6.20 Å². The van der Waals surface area contributed by atoms with Crippen molar-refractivity contribution in [3.8, 4) is 0 Å². The van der Waals surface area contributed by atoms with Crippen molar-refractivity contribution >= 4 is 23.4 Å². The van der Waals surface area contributed by atoms with Gasteiger partial charge in [-0.15, -0.1) is 0 Å². The number of rotatable bonds is 1. The molecule has 0 atom stereocenters. The van der Waals surface area contributed by atoms with Gasteiger partial charge in [0.25, 0.3) is 0 Å². The standard InChI is InChI=1S/C8H12ClN5/c9-6-5-12-8(13-7(6)10)14-3-1-11-2-4-14/h5,11H,1-4H2,(H2,10,12,13). The monoisotopic (exact) mass is 213 g/mol. The van der Waals surface area contributed by atoms with Crippen LogP contribution in [0.5, 0.6) is 0 Å². The Morgan fingerprint density at radius 2 is 2.14 bits per heavy atom. The van der Waals surface area contributed by atoms with Crippen LogP contribution in [0.3, 0.4) is 0 Å². The summed E-state index contributed by atoms with van der Waals surface area (Å²) in [6, 6.07) is 0. The van der Waals surface area contributed by atoms with Gasteiger partial charge in [0.15, 0.2) is 0 Å². The predicted molar refractivity (Wildman–Crippen MR) is 56.5 cm³/mol. The highest BCUT2D eigenvalue weighted by Gasteiger charge is 2.13. The number of hydrogen-bond acceptors (Lipinski definition) is 5. The maximum Gasteiger partial charge on any atom is 0.227 e. The molecule has 6 heteroatoms. The van der Waals surface area contributed by atoms with Gasteiger partial charge in [-0.1, -0.05) is 11.6 Å². The molecule has 0 aliphatic carbocycles. The summed E-state index contributed by atoms with van der Waals surface area (Å²) < 4.78 is 0. The second-order valence-corrected chi connectivity index (χ2v) is 3.55. The molecule has 3 N–H and O–H groups in total. The van der Waals surface area contributed by atoms with Crippen molar-refractivity contribution < 1.29 is 0 Å². The smallest absolute Gasteiger partial charge is 0.227 e. The minimum Gasteiger partial charge on any atom is -0.382 e. The molecule has 1 saturated heterocycles. The molecule has 2 rings (SSSR count). The lowest BCUT2D eigenvalue weighted by Crippen LogP contribution is -2.44. The number of hydrogen-bond donors (Lipinski definition) is 2. The number of nitrogens with one attached hydrogen (secondary N) is 1. The number of halogens is 1. The van der Waals surface area contributed by atoms with Gasteiger partial charge in [0.2, 0.25) is 5.95 Å². The number of nitrogens with two attached hydrogens (primary N) is 1. The van der Waals surface area contributed by atoms with E-state index in [-0.39, 0.29) is 0 Å². The second kappa shape index (κ2) is 3.98. The van der Waals surface area contributed by atoms with Crippen LogP contribution in [0.25, 0.3) is 0 Å². The summed E-state index contributed by atoms with van der Waals surface area (Å²) >= 11 is 5.74. The van der Waals surface area contributed by atoms with E-state index in [4.69, 9.17) is 17.3 Å². The van der Waals surface area contributed by atoms with E-state index in [0.717, 1.165) is 26.2 Å². The molecule has 0 bridgehead atoms. The normalized spacial score (nSPS) is 17.1. The van der Waals surface area contributed by atoms with Gasteiger partial charge >= 0.3 is 0 Å². The molecule has 0 unspecified atom stereocenters. The first-order chi connectivity index (χ1) is 6.77. The first kappa shape index (κ1) is 9.48. The highest BCUT2D eigenvalue weighted by molar-refractivity contribution is 6.32. The van der Waals surface area contributed by atoms with Crippen LogP contribution in [0.1, 0.15) is 0 Å². The Hall–Kier alpha value is -1.07. The number of aromatic nitrogens is 2. The summed E-state index contributed by atoms with van der Waals surface area (Å²) in [6.45, 7) is 3.71. The Bertz CT molecular complexity index is 324. The summed E-state index contributed by atoms with van der Waals surface area (Å²) in [4.78, 5) is 10.4. The highest BCUT2D eigenvalue weighted by atomic mass is 35.5. The zero-order chi connectivity index (χ0) is 9.97. The van der Waals surface area contributed by atoms with Crippen LogP contribution in [0.15, 0.2) is 6.20 Å². The number of piperazine rings is 1. The van der Waals surface area contributed by atoms with Gasteiger partial charge in [0, 0.05) is 26.2 Å². The van der Waals surface area contributed by atoms with E-state index in [1.54, 1.807) is 6.20 Å². The molecule has 1 aliphatic rings. The summed E-state index contributed by atoms with van der Waals surface area (Å²) in [6.07, 6.45) is 1.54. The Morgan fingerprint density at radius 3 is 2.79 bits per heavy atom. The highest BCUT2D eigenvalue weighted by Crippen LogP contribution is 2.17. The van der Waals surface area contributed by atoms with Crippen molar-refractivity contribution in [1.29, 1.82) is 0 Å². The maximum absolute atomic E-state index is 5.74. The van der Waals surface area contributed by atoms with Gasteiger partial charge in [-0.25, -0.2) is 4.98 Å². The average molecular weight is 214 g/mol. The molecule has 0 amide bonds. The van der Waals surface area contributed by atoms with E-state index in [1.165, 1.54) is 0 Å². The van der Waals surface area contributed by atoms with Crippen LogP contribution in [-0.2, 0) is 0 Å². The molecule has 1 aliphatic heterocycles. The SMILES string of the molecule is Nc1nc(N2CCNCC2)ncc1Cl. The molecular weight excluding hydrogens is 202 g/mol. The van der Waals surface area contributed by atoms with Crippen molar-refractivity contribution in [3.63, 3.8) is 0 Å². The number of nitrogens with zero attached hydrogens (tertiary/aromatic N) is 3. The predicted octanol–water partition coefficient (Wildman–Crippen LogP) is 0.122. The first-order valence-electron chi connectivity index (χ1n) is 4.51. The van der Waals surface area contributed by atoms with E-state index in [0.29, 0.717) is 16.8 Å². The van der Waals surface area contributed by atoms with Crippen LogP contribution < -0.4 is 16.0 Å². The van der Waals surface area contributed by atoms with Crippen molar-refractivity contribution in [2.24, 2.45) is 0 Å². The van der Waals surface area contributed by atoms with Crippen molar-refractivity contribution in [2.45, 2.75) is 0 Å². The van der Waals surface area contributed by atoms with Crippen molar-refractivity contribution in [2.75, 3.05) is 36.8 Å². The van der Waals surface area contributed by atoms with E-state index in [2.05, 4.69) is 20.2 Å². The Balaban J connectivity index is 2.18. The lowest BCUT2D eigenvalue weighted by atomic mass is 10.4. The zero-order valence-corrected chi connectivity index (χ0v) is 8.46. The Kier molecular flexibility index (Phi) is 2.69. The average Bonchev–Trinajstić information content (AvgIpc) is 2.23. The van der Waals surface area contributed by atoms with Crippen LogP contribution in [-0.4, -0.2) is 36.1 Å². The maximum atomic E-state index is 5.74. The first-order valence-corrected chi connectivity index (χ1v) is 4.89. The van der Waals surface area contributed by atoms with Crippen LogP contribution in [0.4, 0.5) is 11.8 Å².